The van der Waals surface area contributed by atoms with Gasteiger partial charge in [0.1, 0.15) is 6.21 Å². The first-order chi connectivity index (χ1) is 8.81. The minimum atomic E-state index is 0.0133. The highest BCUT2D eigenvalue weighted by atomic mass is 16.4. The van der Waals surface area contributed by atoms with Gasteiger partial charge in [-0.2, -0.15) is 4.57 Å². The van der Waals surface area contributed by atoms with Gasteiger partial charge in [-0.05, 0) is 6.07 Å². The zero-order valence-electron chi connectivity index (χ0n) is 9.73. The second-order valence-corrected chi connectivity index (χ2v) is 3.79. The van der Waals surface area contributed by atoms with Gasteiger partial charge in [-0.25, -0.2) is 0 Å². The minimum Gasteiger partial charge on any atom is -0.411 e. The predicted octanol–water partition coefficient (Wildman–Crippen LogP) is 1.67. The maximum atomic E-state index is 12.0. The van der Waals surface area contributed by atoms with Gasteiger partial charge in [0.15, 0.2) is 6.20 Å². The van der Waals surface area contributed by atoms with Gasteiger partial charge >= 0.3 is 0 Å². The van der Waals surface area contributed by atoms with E-state index >= 15 is 0 Å². The molecule has 2 rings (SSSR count). The van der Waals surface area contributed by atoms with Crippen LogP contribution in [0.5, 0.6) is 0 Å². The maximum Gasteiger partial charge on any atom is 0.227 e. The topological polar surface area (TPSA) is 53.5 Å². The van der Waals surface area contributed by atoms with Gasteiger partial charge in [-0.1, -0.05) is 35.5 Å². The molecule has 90 valence electrons. The summed E-state index contributed by atoms with van der Waals surface area (Å²) in [5.41, 5.74) is 1.34. The third kappa shape index (κ3) is 2.79. The van der Waals surface area contributed by atoms with E-state index in [-0.39, 0.29) is 12.3 Å². The summed E-state index contributed by atoms with van der Waals surface area (Å²) in [4.78, 5) is 12.0. The fourth-order valence-electron chi connectivity index (χ4n) is 1.68. The van der Waals surface area contributed by atoms with Crippen molar-refractivity contribution in [1.82, 2.24) is 0 Å². The van der Waals surface area contributed by atoms with Gasteiger partial charge in [0, 0.05) is 17.7 Å². The lowest BCUT2D eigenvalue weighted by atomic mass is 10.1. The number of carbonyl (C=O) groups excluding carboxylic acids is 1. The van der Waals surface area contributed by atoms with Gasteiger partial charge in [-0.3, -0.25) is 4.79 Å². The number of hydrogen-bond acceptors (Lipinski definition) is 3. The second kappa shape index (κ2) is 5.72. The third-order valence-electron chi connectivity index (χ3n) is 2.58. The highest BCUT2D eigenvalue weighted by Crippen LogP contribution is 2.00. The van der Waals surface area contributed by atoms with Crippen molar-refractivity contribution in [3.63, 3.8) is 0 Å². The zero-order chi connectivity index (χ0) is 12.8. The van der Waals surface area contributed by atoms with E-state index < -0.39 is 0 Å². The molecule has 0 unspecified atom stereocenters. The molecule has 0 bridgehead atoms. The average Bonchev–Trinajstić information content (AvgIpc) is 2.42. The van der Waals surface area contributed by atoms with Crippen molar-refractivity contribution in [2.45, 2.75) is 6.54 Å². The van der Waals surface area contributed by atoms with Gasteiger partial charge in [0.25, 0.3) is 0 Å². The first-order valence-electron chi connectivity index (χ1n) is 5.55. The molecule has 0 aliphatic rings. The second-order valence-electron chi connectivity index (χ2n) is 3.79. The Kier molecular flexibility index (Phi) is 3.81. The van der Waals surface area contributed by atoms with E-state index in [9.17, 15) is 4.79 Å². The van der Waals surface area contributed by atoms with Crippen molar-refractivity contribution in [2.24, 2.45) is 5.16 Å². The first-order valence-corrected chi connectivity index (χ1v) is 5.55. The van der Waals surface area contributed by atoms with Crippen molar-refractivity contribution in [3.05, 3.63) is 66.0 Å². The van der Waals surface area contributed by atoms with Gasteiger partial charge in [0.05, 0.1) is 0 Å². The summed E-state index contributed by atoms with van der Waals surface area (Å²) in [5, 5.41) is 11.6. The lowest BCUT2D eigenvalue weighted by molar-refractivity contribution is -0.684. The minimum absolute atomic E-state index is 0.0133. The van der Waals surface area contributed by atoms with Gasteiger partial charge in [-0.15, -0.1) is 0 Å². The highest BCUT2D eigenvalue weighted by molar-refractivity contribution is 5.95. The van der Waals surface area contributed by atoms with Gasteiger partial charge in [0.2, 0.25) is 18.0 Å². The maximum absolute atomic E-state index is 12.0. The molecule has 1 N–H and O–H groups in total. The number of rotatable bonds is 4. The molecule has 0 saturated heterocycles. The lowest BCUT2D eigenvalue weighted by Crippen LogP contribution is -2.41. The van der Waals surface area contributed by atoms with E-state index in [0.29, 0.717) is 11.3 Å². The van der Waals surface area contributed by atoms with Crippen molar-refractivity contribution in [3.8, 4) is 0 Å². The zero-order valence-corrected chi connectivity index (χ0v) is 9.73. The fraction of sp³-hybridized carbons (Fsp3) is 0.0714. The Balaban J connectivity index is 2.22. The van der Waals surface area contributed by atoms with Crippen molar-refractivity contribution < 1.29 is 14.6 Å². The fourth-order valence-corrected chi connectivity index (χ4v) is 1.68. The van der Waals surface area contributed by atoms with E-state index in [4.69, 9.17) is 5.21 Å². The van der Waals surface area contributed by atoms with Crippen LogP contribution >= 0.6 is 0 Å². The van der Waals surface area contributed by atoms with E-state index in [1.54, 1.807) is 29.0 Å². The quantitative estimate of drug-likeness (QED) is 0.291. The van der Waals surface area contributed by atoms with E-state index in [1.807, 2.05) is 30.3 Å². The molecule has 0 spiro atoms. The Hall–Kier alpha value is -2.49. The smallest absolute Gasteiger partial charge is 0.227 e. The van der Waals surface area contributed by atoms with Crippen LogP contribution in [0.15, 0.2) is 59.9 Å². The predicted molar refractivity (Wildman–Crippen MR) is 66.8 cm³/mol. The molecule has 0 amide bonds. The molecule has 0 aliphatic heterocycles. The van der Waals surface area contributed by atoms with Crippen LogP contribution in [0.1, 0.15) is 16.1 Å². The Morgan fingerprint density at radius 3 is 2.61 bits per heavy atom. The van der Waals surface area contributed by atoms with Crippen LogP contribution in [0.25, 0.3) is 0 Å². The number of hydrogen-bond donors (Lipinski definition) is 1. The summed E-state index contributed by atoms with van der Waals surface area (Å²) in [5.74, 6) is 0.0133. The molecule has 4 heteroatoms. The molecule has 2 aromatic rings. The van der Waals surface area contributed by atoms with Crippen LogP contribution in [0.2, 0.25) is 0 Å². The number of ketones is 1. The Bertz CT molecular complexity index is 565. The molecule has 1 aromatic heterocycles. The molecule has 0 radical (unpaired) electrons. The number of pyridine rings is 1. The number of aromatic nitrogens is 1. The average molecular weight is 241 g/mol. The van der Waals surface area contributed by atoms with Gasteiger partial charge < -0.3 is 5.21 Å². The summed E-state index contributed by atoms with van der Waals surface area (Å²) < 4.78 is 1.73. The largest absolute Gasteiger partial charge is 0.411 e. The summed E-state index contributed by atoms with van der Waals surface area (Å²) >= 11 is 0. The summed E-state index contributed by atoms with van der Waals surface area (Å²) in [6.07, 6.45) is 3.08. The van der Waals surface area contributed by atoms with Crippen LogP contribution in [-0.4, -0.2) is 17.2 Å². The monoisotopic (exact) mass is 241 g/mol. The van der Waals surface area contributed by atoms with Crippen LogP contribution < -0.4 is 4.57 Å². The Morgan fingerprint density at radius 2 is 1.89 bits per heavy atom. The first kappa shape index (κ1) is 12.0. The van der Waals surface area contributed by atoms with Crippen LogP contribution in [-0.2, 0) is 6.54 Å². The molecule has 18 heavy (non-hydrogen) atoms. The Morgan fingerprint density at radius 1 is 1.17 bits per heavy atom. The molecule has 1 aromatic carbocycles. The normalized spacial score (nSPS) is 10.7. The molecule has 4 nitrogen and oxygen atoms in total. The lowest BCUT2D eigenvalue weighted by Gasteiger charge is -2.00. The molecule has 0 saturated carbocycles. The van der Waals surface area contributed by atoms with Crippen molar-refractivity contribution >= 4 is 12.0 Å². The number of benzene rings is 1. The van der Waals surface area contributed by atoms with Crippen LogP contribution in [0.3, 0.4) is 0 Å². The molecule has 1 heterocycles. The molecule has 0 atom stereocenters. The number of oxime groups is 1. The van der Waals surface area contributed by atoms with E-state index in [0.717, 1.165) is 0 Å². The van der Waals surface area contributed by atoms with Crippen LogP contribution in [0.4, 0.5) is 0 Å². The standard InChI is InChI=1S/C14H12N2O2/c17-14(12-6-2-1-3-7-12)11-16-9-5-4-8-13(16)10-15-18/h1-10H,11H2/p+1. The summed E-state index contributed by atoms with van der Waals surface area (Å²) in [6.45, 7) is 0.214. The van der Waals surface area contributed by atoms with E-state index in [1.165, 1.54) is 6.21 Å². The molecular weight excluding hydrogens is 228 g/mol. The SMILES string of the molecule is O=C(C[n+]1ccccc1C=NO)c1ccccc1. The van der Waals surface area contributed by atoms with Crippen molar-refractivity contribution in [1.29, 1.82) is 0 Å². The summed E-state index contributed by atoms with van der Waals surface area (Å²) in [6, 6.07) is 14.5. The molecule has 0 fully saturated rings. The van der Waals surface area contributed by atoms with E-state index in [2.05, 4.69) is 5.16 Å². The number of carbonyl (C=O) groups is 1. The highest BCUT2D eigenvalue weighted by Gasteiger charge is 2.14. The Labute approximate surface area is 105 Å². The van der Waals surface area contributed by atoms with Crippen LogP contribution in [0, 0.1) is 0 Å². The third-order valence-corrected chi connectivity index (χ3v) is 2.58. The summed E-state index contributed by atoms with van der Waals surface area (Å²) in [7, 11) is 0. The van der Waals surface area contributed by atoms with Crippen molar-refractivity contribution in [2.75, 3.05) is 0 Å². The molecular formula is C14H13N2O2+. The molecule has 0 aliphatic carbocycles. The number of nitrogens with zero attached hydrogens (tertiary/aromatic N) is 2. The number of Topliss-reactive ketones (excluding diaryl/α,β-unsaturated/α-hetero) is 1.